The summed E-state index contributed by atoms with van der Waals surface area (Å²) < 4.78 is 5.36. The van der Waals surface area contributed by atoms with Crippen molar-refractivity contribution < 1.29 is 9.53 Å². The zero-order valence-corrected chi connectivity index (χ0v) is 11.7. The molecule has 4 nitrogen and oxygen atoms in total. The van der Waals surface area contributed by atoms with Gasteiger partial charge in [0, 0.05) is 19.2 Å². The van der Waals surface area contributed by atoms with Crippen molar-refractivity contribution in [3.8, 4) is 0 Å². The maximum atomic E-state index is 12.6. The molecule has 0 aliphatic carbocycles. The molecule has 1 N–H and O–H groups in total. The molecule has 1 saturated heterocycles. The number of likely N-dealkylation sites (N-methyl/N-ethyl adjacent to an activating group) is 2. The Morgan fingerprint density at radius 3 is 2.95 bits per heavy atom. The van der Waals surface area contributed by atoms with Gasteiger partial charge in [0.1, 0.15) is 0 Å². The molecule has 19 heavy (non-hydrogen) atoms. The standard InChI is InChI=1S/C15H22N2O2/c1-16-9-7-12-5-3-4-6-14(12)15(18)17(2)13-8-10-19-11-13/h3-6,13,16H,7-11H2,1-2H3. The minimum atomic E-state index is 0.0993. The highest BCUT2D eigenvalue weighted by Crippen LogP contribution is 2.17. The van der Waals surface area contributed by atoms with E-state index in [1.54, 1.807) is 0 Å². The highest BCUT2D eigenvalue weighted by molar-refractivity contribution is 5.95. The lowest BCUT2D eigenvalue weighted by Crippen LogP contribution is -2.37. The van der Waals surface area contributed by atoms with Crippen LogP contribution in [0.2, 0.25) is 0 Å². The molecule has 1 aliphatic rings. The molecule has 4 heteroatoms. The number of hydrogen-bond acceptors (Lipinski definition) is 3. The summed E-state index contributed by atoms with van der Waals surface area (Å²) in [7, 11) is 3.79. The van der Waals surface area contributed by atoms with E-state index in [0.717, 1.165) is 37.1 Å². The number of benzene rings is 1. The molecule has 1 fully saturated rings. The molecular weight excluding hydrogens is 240 g/mol. The Bertz CT molecular complexity index is 428. The first-order valence-electron chi connectivity index (χ1n) is 6.81. The van der Waals surface area contributed by atoms with Crippen molar-refractivity contribution >= 4 is 5.91 Å². The third kappa shape index (κ3) is 3.33. The molecule has 0 saturated carbocycles. The fraction of sp³-hybridized carbons (Fsp3) is 0.533. The van der Waals surface area contributed by atoms with Crippen LogP contribution in [-0.2, 0) is 11.2 Å². The molecule has 1 aromatic rings. The number of amides is 1. The van der Waals surface area contributed by atoms with Crippen molar-refractivity contribution in [2.45, 2.75) is 18.9 Å². The van der Waals surface area contributed by atoms with Gasteiger partial charge in [0.2, 0.25) is 0 Å². The van der Waals surface area contributed by atoms with Gasteiger partial charge in [-0.2, -0.15) is 0 Å². The van der Waals surface area contributed by atoms with Crippen LogP contribution in [0.4, 0.5) is 0 Å². The van der Waals surface area contributed by atoms with E-state index in [4.69, 9.17) is 4.74 Å². The molecule has 0 aromatic heterocycles. The molecule has 1 unspecified atom stereocenters. The van der Waals surface area contributed by atoms with E-state index in [2.05, 4.69) is 5.32 Å². The van der Waals surface area contributed by atoms with E-state index in [0.29, 0.717) is 6.61 Å². The average molecular weight is 262 g/mol. The molecule has 0 bridgehead atoms. The quantitative estimate of drug-likeness (QED) is 0.870. The van der Waals surface area contributed by atoms with Crippen LogP contribution < -0.4 is 5.32 Å². The van der Waals surface area contributed by atoms with Crippen molar-refractivity contribution in [1.29, 1.82) is 0 Å². The van der Waals surface area contributed by atoms with Crippen molar-refractivity contribution in [3.05, 3.63) is 35.4 Å². The zero-order valence-electron chi connectivity index (χ0n) is 11.7. The molecular formula is C15H22N2O2. The van der Waals surface area contributed by atoms with Gasteiger partial charge in [-0.1, -0.05) is 18.2 Å². The van der Waals surface area contributed by atoms with Crippen molar-refractivity contribution in [2.24, 2.45) is 0 Å². The zero-order chi connectivity index (χ0) is 13.7. The van der Waals surface area contributed by atoms with Gasteiger partial charge >= 0.3 is 0 Å². The number of nitrogens with one attached hydrogen (secondary N) is 1. The minimum Gasteiger partial charge on any atom is -0.379 e. The van der Waals surface area contributed by atoms with Gasteiger partial charge in [-0.05, 0) is 38.1 Å². The predicted molar refractivity (Wildman–Crippen MR) is 75.4 cm³/mol. The van der Waals surface area contributed by atoms with E-state index in [-0.39, 0.29) is 11.9 Å². The number of nitrogens with zero attached hydrogens (tertiary/aromatic N) is 1. The highest BCUT2D eigenvalue weighted by Gasteiger charge is 2.25. The Hall–Kier alpha value is -1.39. The SMILES string of the molecule is CNCCc1ccccc1C(=O)N(C)C1CCOC1. The normalized spacial score (nSPS) is 18.5. The van der Waals surface area contributed by atoms with Crippen molar-refractivity contribution in [3.63, 3.8) is 0 Å². The summed E-state index contributed by atoms with van der Waals surface area (Å²) in [5.41, 5.74) is 1.92. The smallest absolute Gasteiger partial charge is 0.254 e. The summed E-state index contributed by atoms with van der Waals surface area (Å²) in [6.45, 7) is 2.28. The molecule has 0 radical (unpaired) electrons. The Balaban J connectivity index is 2.13. The van der Waals surface area contributed by atoms with Crippen LogP contribution in [0.5, 0.6) is 0 Å². The van der Waals surface area contributed by atoms with Crippen LogP contribution in [0.3, 0.4) is 0 Å². The largest absolute Gasteiger partial charge is 0.379 e. The van der Waals surface area contributed by atoms with E-state index < -0.39 is 0 Å². The lowest BCUT2D eigenvalue weighted by molar-refractivity contribution is 0.0710. The van der Waals surface area contributed by atoms with Gasteiger partial charge in [-0.3, -0.25) is 4.79 Å². The third-order valence-electron chi connectivity index (χ3n) is 3.67. The monoisotopic (exact) mass is 262 g/mol. The maximum Gasteiger partial charge on any atom is 0.254 e. The topological polar surface area (TPSA) is 41.6 Å². The van der Waals surface area contributed by atoms with Crippen LogP contribution in [-0.4, -0.2) is 50.7 Å². The first kappa shape index (κ1) is 14.0. The van der Waals surface area contributed by atoms with Crippen LogP contribution in [0.25, 0.3) is 0 Å². The van der Waals surface area contributed by atoms with Gasteiger partial charge in [-0.15, -0.1) is 0 Å². The fourth-order valence-corrected chi connectivity index (χ4v) is 2.39. The average Bonchev–Trinajstić information content (AvgIpc) is 2.98. The van der Waals surface area contributed by atoms with Gasteiger partial charge in [0.05, 0.1) is 12.6 Å². The second-order valence-corrected chi connectivity index (χ2v) is 4.94. The molecule has 1 heterocycles. The van der Waals surface area contributed by atoms with Gasteiger partial charge in [0.15, 0.2) is 0 Å². The van der Waals surface area contributed by atoms with Crippen LogP contribution in [0, 0.1) is 0 Å². The third-order valence-corrected chi connectivity index (χ3v) is 3.67. The minimum absolute atomic E-state index is 0.0993. The summed E-state index contributed by atoms with van der Waals surface area (Å²) in [5, 5.41) is 3.12. The first-order valence-corrected chi connectivity index (χ1v) is 6.81. The van der Waals surface area contributed by atoms with Gasteiger partial charge in [-0.25, -0.2) is 0 Å². The van der Waals surface area contributed by atoms with Crippen LogP contribution in [0.15, 0.2) is 24.3 Å². The lowest BCUT2D eigenvalue weighted by Gasteiger charge is -2.24. The first-order chi connectivity index (χ1) is 9.24. The molecule has 1 atom stereocenters. The van der Waals surface area contributed by atoms with Crippen LogP contribution >= 0.6 is 0 Å². The highest BCUT2D eigenvalue weighted by atomic mass is 16.5. The summed E-state index contributed by atoms with van der Waals surface area (Å²) in [6.07, 6.45) is 1.80. The number of ether oxygens (including phenoxy) is 1. The van der Waals surface area contributed by atoms with Crippen LogP contribution in [0.1, 0.15) is 22.3 Å². The molecule has 104 valence electrons. The fourth-order valence-electron chi connectivity index (χ4n) is 2.39. The van der Waals surface area contributed by atoms with E-state index >= 15 is 0 Å². The predicted octanol–water partition coefficient (Wildman–Crippen LogP) is 1.31. The summed E-state index contributed by atoms with van der Waals surface area (Å²) in [4.78, 5) is 14.4. The molecule has 0 spiro atoms. The lowest BCUT2D eigenvalue weighted by atomic mass is 10.0. The van der Waals surface area contributed by atoms with Crippen molar-refractivity contribution in [2.75, 3.05) is 33.9 Å². The maximum absolute atomic E-state index is 12.6. The van der Waals surface area contributed by atoms with Gasteiger partial charge < -0.3 is 15.0 Å². The Morgan fingerprint density at radius 2 is 2.26 bits per heavy atom. The summed E-state index contributed by atoms with van der Waals surface area (Å²) in [6, 6.07) is 8.07. The van der Waals surface area contributed by atoms with E-state index in [9.17, 15) is 4.79 Å². The number of carbonyl (C=O) groups is 1. The number of carbonyl (C=O) groups excluding carboxylic acids is 1. The van der Waals surface area contributed by atoms with E-state index in [1.165, 1.54) is 0 Å². The summed E-state index contributed by atoms with van der Waals surface area (Å²) in [5.74, 6) is 0.0993. The molecule has 2 rings (SSSR count). The van der Waals surface area contributed by atoms with Gasteiger partial charge in [0.25, 0.3) is 5.91 Å². The molecule has 1 amide bonds. The Labute approximate surface area is 114 Å². The summed E-state index contributed by atoms with van der Waals surface area (Å²) >= 11 is 0. The Morgan fingerprint density at radius 1 is 1.47 bits per heavy atom. The van der Waals surface area contributed by atoms with E-state index in [1.807, 2.05) is 43.3 Å². The molecule has 1 aliphatic heterocycles. The Kier molecular flexibility index (Phi) is 4.93. The second-order valence-electron chi connectivity index (χ2n) is 4.94. The number of rotatable bonds is 5. The molecule has 1 aromatic carbocycles. The second kappa shape index (κ2) is 6.68. The van der Waals surface area contributed by atoms with Crippen molar-refractivity contribution in [1.82, 2.24) is 10.2 Å². The number of hydrogen-bond donors (Lipinski definition) is 1.